The molecule has 1 unspecified atom stereocenters. The van der Waals surface area contributed by atoms with E-state index in [0.29, 0.717) is 12.2 Å². The average Bonchev–Trinajstić information content (AvgIpc) is 3.33. The van der Waals surface area contributed by atoms with Crippen molar-refractivity contribution in [2.45, 2.75) is 51.5 Å². The number of amides is 2. The second-order valence-corrected chi connectivity index (χ2v) is 10.2. The van der Waals surface area contributed by atoms with E-state index >= 15 is 0 Å². The van der Waals surface area contributed by atoms with Crippen LogP contribution in [0.3, 0.4) is 0 Å². The maximum atomic E-state index is 12.9. The number of hydrogen-bond acceptors (Lipinski definition) is 3. The molecule has 0 radical (unpaired) electrons. The normalized spacial score (nSPS) is 12.1. The van der Waals surface area contributed by atoms with E-state index in [-0.39, 0.29) is 36.1 Å². The molecule has 0 aliphatic heterocycles. The number of nitrogens with one attached hydrogen (secondary N) is 2. The van der Waals surface area contributed by atoms with Gasteiger partial charge in [0.15, 0.2) is 0 Å². The summed E-state index contributed by atoms with van der Waals surface area (Å²) in [5.41, 5.74) is 3.72. The molecule has 4 rings (SSSR count). The first-order valence-electron chi connectivity index (χ1n) is 12.6. The summed E-state index contributed by atoms with van der Waals surface area (Å²) >= 11 is 0. The SMILES string of the molecule is CC(C)(C)c1cc(NC(=O)CCC(=O)NC(Cc2ccccc2)c2ccccc2)n(-c2ccccc2)n1. The van der Waals surface area contributed by atoms with Crippen molar-refractivity contribution < 1.29 is 9.59 Å². The zero-order valence-corrected chi connectivity index (χ0v) is 21.6. The Kier molecular flexibility index (Phi) is 8.18. The predicted octanol–water partition coefficient (Wildman–Crippen LogP) is 5.99. The minimum absolute atomic E-state index is 0.0729. The van der Waals surface area contributed by atoms with Crippen molar-refractivity contribution in [1.29, 1.82) is 0 Å². The van der Waals surface area contributed by atoms with Crippen LogP contribution in [-0.4, -0.2) is 21.6 Å². The van der Waals surface area contributed by atoms with E-state index in [1.807, 2.05) is 84.9 Å². The van der Waals surface area contributed by atoms with Crippen LogP contribution in [0.4, 0.5) is 5.82 Å². The van der Waals surface area contributed by atoms with Crippen molar-refractivity contribution in [2.75, 3.05) is 5.32 Å². The molecule has 6 nitrogen and oxygen atoms in total. The molecule has 4 aromatic rings. The van der Waals surface area contributed by atoms with Crippen LogP contribution in [0.5, 0.6) is 0 Å². The van der Waals surface area contributed by atoms with Gasteiger partial charge >= 0.3 is 0 Å². The highest BCUT2D eigenvalue weighted by molar-refractivity contribution is 5.93. The van der Waals surface area contributed by atoms with Crippen LogP contribution < -0.4 is 10.6 Å². The summed E-state index contributed by atoms with van der Waals surface area (Å²) in [4.78, 5) is 25.8. The minimum atomic E-state index is -0.230. The molecule has 6 heteroatoms. The molecular formula is C31H34N4O2. The van der Waals surface area contributed by atoms with Gasteiger partial charge in [-0.25, -0.2) is 4.68 Å². The Morgan fingerprint density at radius 2 is 1.38 bits per heavy atom. The Morgan fingerprint density at radius 3 is 2.00 bits per heavy atom. The number of aromatic nitrogens is 2. The van der Waals surface area contributed by atoms with Gasteiger partial charge in [-0.15, -0.1) is 0 Å². The summed E-state index contributed by atoms with van der Waals surface area (Å²) in [5.74, 6) is 0.201. The van der Waals surface area contributed by atoms with Crippen LogP contribution in [0.2, 0.25) is 0 Å². The summed E-state index contributed by atoms with van der Waals surface area (Å²) in [6, 6.07) is 31.4. The third-order valence-corrected chi connectivity index (χ3v) is 6.14. The standard InChI is InChI=1S/C31H34N4O2/c1-31(2,3)27-22-28(35(34-27)25-17-11-6-12-18-25)33-30(37)20-19-29(36)32-26(24-15-9-5-10-16-24)21-23-13-7-4-8-14-23/h4-18,22,26H,19-21H2,1-3H3,(H,32,36)(H,33,37). The van der Waals surface area contributed by atoms with E-state index in [2.05, 4.69) is 43.5 Å². The Morgan fingerprint density at radius 1 is 0.811 bits per heavy atom. The quantitative estimate of drug-likeness (QED) is 0.300. The maximum absolute atomic E-state index is 12.9. The third kappa shape index (κ3) is 7.17. The van der Waals surface area contributed by atoms with E-state index in [1.54, 1.807) is 4.68 Å². The summed E-state index contributed by atoms with van der Waals surface area (Å²) in [6.07, 6.45) is 0.841. The van der Waals surface area contributed by atoms with Crippen molar-refractivity contribution in [1.82, 2.24) is 15.1 Å². The Hall–Kier alpha value is -4.19. The molecule has 1 atom stereocenters. The van der Waals surface area contributed by atoms with Gasteiger partial charge < -0.3 is 10.6 Å². The second kappa shape index (κ2) is 11.7. The lowest BCUT2D eigenvalue weighted by Crippen LogP contribution is -2.30. The summed E-state index contributed by atoms with van der Waals surface area (Å²) in [5, 5.41) is 10.8. The highest BCUT2D eigenvalue weighted by Gasteiger charge is 2.22. The Balaban J connectivity index is 1.41. The van der Waals surface area contributed by atoms with Gasteiger partial charge in [-0.2, -0.15) is 5.10 Å². The molecule has 1 heterocycles. The van der Waals surface area contributed by atoms with Crippen molar-refractivity contribution in [3.63, 3.8) is 0 Å². The van der Waals surface area contributed by atoms with Gasteiger partial charge in [0.05, 0.1) is 17.4 Å². The van der Waals surface area contributed by atoms with E-state index in [9.17, 15) is 9.59 Å². The number of carbonyl (C=O) groups excluding carboxylic acids is 2. The van der Waals surface area contributed by atoms with Crippen LogP contribution in [-0.2, 0) is 21.4 Å². The molecule has 2 N–H and O–H groups in total. The molecule has 0 fully saturated rings. The van der Waals surface area contributed by atoms with Crippen LogP contribution in [0, 0.1) is 0 Å². The van der Waals surface area contributed by atoms with E-state index in [0.717, 1.165) is 22.5 Å². The fourth-order valence-corrected chi connectivity index (χ4v) is 4.09. The van der Waals surface area contributed by atoms with Crippen molar-refractivity contribution >= 4 is 17.6 Å². The lowest BCUT2D eigenvalue weighted by Gasteiger charge is -2.19. The molecule has 0 saturated carbocycles. The molecule has 0 saturated heterocycles. The fraction of sp³-hybridized carbons (Fsp3) is 0.258. The summed E-state index contributed by atoms with van der Waals surface area (Å²) < 4.78 is 1.74. The topological polar surface area (TPSA) is 76.0 Å². The largest absolute Gasteiger partial charge is 0.349 e. The first-order valence-corrected chi connectivity index (χ1v) is 12.6. The van der Waals surface area contributed by atoms with Crippen molar-refractivity contribution in [3.8, 4) is 5.69 Å². The summed E-state index contributed by atoms with van der Waals surface area (Å²) in [7, 11) is 0. The molecule has 0 bridgehead atoms. The molecule has 3 aromatic carbocycles. The van der Waals surface area contributed by atoms with Crippen LogP contribution in [0.1, 0.15) is 56.5 Å². The first kappa shape index (κ1) is 25.9. The number of para-hydroxylation sites is 1. The summed E-state index contributed by atoms with van der Waals surface area (Å²) in [6.45, 7) is 6.25. The average molecular weight is 495 g/mol. The molecule has 0 aliphatic carbocycles. The zero-order valence-electron chi connectivity index (χ0n) is 21.6. The maximum Gasteiger partial charge on any atom is 0.226 e. The molecule has 190 valence electrons. The predicted molar refractivity (Wildman–Crippen MR) is 148 cm³/mol. The highest BCUT2D eigenvalue weighted by atomic mass is 16.2. The van der Waals surface area contributed by atoms with Gasteiger partial charge in [-0.1, -0.05) is 99.6 Å². The van der Waals surface area contributed by atoms with Gasteiger partial charge in [-0.3, -0.25) is 9.59 Å². The number of carbonyl (C=O) groups is 2. The highest BCUT2D eigenvalue weighted by Crippen LogP contribution is 2.26. The number of anilines is 1. The van der Waals surface area contributed by atoms with Gasteiger partial charge in [0, 0.05) is 24.3 Å². The van der Waals surface area contributed by atoms with Crippen LogP contribution in [0.15, 0.2) is 97.1 Å². The zero-order chi connectivity index (χ0) is 26.3. The molecular weight excluding hydrogens is 460 g/mol. The number of benzene rings is 3. The fourth-order valence-electron chi connectivity index (χ4n) is 4.09. The molecule has 1 aromatic heterocycles. The lowest BCUT2D eigenvalue weighted by atomic mass is 9.92. The molecule has 0 aliphatic rings. The van der Waals surface area contributed by atoms with Gasteiger partial charge in [-0.05, 0) is 29.7 Å². The Labute approximate surface area is 218 Å². The number of rotatable bonds is 9. The molecule has 37 heavy (non-hydrogen) atoms. The lowest BCUT2D eigenvalue weighted by molar-refractivity contribution is -0.124. The second-order valence-electron chi connectivity index (χ2n) is 10.2. The smallest absolute Gasteiger partial charge is 0.226 e. The number of hydrogen-bond donors (Lipinski definition) is 2. The van der Waals surface area contributed by atoms with Crippen molar-refractivity contribution in [2.24, 2.45) is 0 Å². The van der Waals surface area contributed by atoms with E-state index in [4.69, 9.17) is 5.10 Å². The Bertz CT molecular complexity index is 1310. The third-order valence-electron chi connectivity index (χ3n) is 6.14. The monoisotopic (exact) mass is 494 g/mol. The van der Waals surface area contributed by atoms with Gasteiger partial charge in [0.25, 0.3) is 0 Å². The molecule has 0 spiro atoms. The first-order chi connectivity index (χ1) is 17.8. The van der Waals surface area contributed by atoms with E-state index in [1.165, 1.54) is 0 Å². The molecule has 2 amide bonds. The van der Waals surface area contributed by atoms with Gasteiger partial charge in [0.1, 0.15) is 5.82 Å². The van der Waals surface area contributed by atoms with E-state index < -0.39 is 0 Å². The van der Waals surface area contributed by atoms with Crippen molar-refractivity contribution in [3.05, 3.63) is 114 Å². The van der Waals surface area contributed by atoms with Crippen LogP contribution in [0.25, 0.3) is 5.69 Å². The van der Waals surface area contributed by atoms with Crippen LogP contribution >= 0.6 is 0 Å². The minimum Gasteiger partial charge on any atom is -0.349 e. The number of nitrogens with zero attached hydrogens (tertiary/aromatic N) is 2. The van der Waals surface area contributed by atoms with Gasteiger partial charge in [0.2, 0.25) is 11.8 Å².